The predicted octanol–water partition coefficient (Wildman–Crippen LogP) is 4.05. The van der Waals surface area contributed by atoms with Gasteiger partial charge >= 0.3 is 0 Å². The maximum Gasteiger partial charge on any atom is 0.0753 e. The summed E-state index contributed by atoms with van der Waals surface area (Å²) in [5.41, 5.74) is 3.54. The highest BCUT2D eigenvalue weighted by molar-refractivity contribution is 5.32. The summed E-state index contributed by atoms with van der Waals surface area (Å²) in [6.07, 6.45) is 4.28. The standard InChI is InChI=1S/C17H18N2/c1-13(2)15-3-5-16(6-4-15)17(12-18)11-14-7-9-19-10-8-14/h3-10,13,17H,11H2,1-2H3. The Morgan fingerprint density at radius 1 is 1.00 bits per heavy atom. The Hall–Kier alpha value is -2.14. The van der Waals surface area contributed by atoms with Crippen LogP contribution in [0.4, 0.5) is 0 Å². The fraction of sp³-hybridized carbons (Fsp3) is 0.294. The van der Waals surface area contributed by atoms with Gasteiger partial charge in [0, 0.05) is 12.4 Å². The smallest absolute Gasteiger partial charge is 0.0753 e. The van der Waals surface area contributed by atoms with Crippen LogP contribution in [0, 0.1) is 11.3 Å². The van der Waals surface area contributed by atoms with Crippen LogP contribution in [0.2, 0.25) is 0 Å². The molecular weight excluding hydrogens is 232 g/mol. The van der Waals surface area contributed by atoms with Crippen LogP contribution in [0.25, 0.3) is 0 Å². The summed E-state index contributed by atoms with van der Waals surface area (Å²) in [6.45, 7) is 4.35. The molecule has 96 valence electrons. The molecule has 0 radical (unpaired) electrons. The molecule has 1 heterocycles. The van der Waals surface area contributed by atoms with Gasteiger partial charge in [0.05, 0.1) is 12.0 Å². The number of benzene rings is 1. The molecule has 0 amide bonds. The summed E-state index contributed by atoms with van der Waals surface area (Å²) in [4.78, 5) is 4.00. The quantitative estimate of drug-likeness (QED) is 0.820. The summed E-state index contributed by atoms with van der Waals surface area (Å²) in [5.74, 6) is 0.429. The molecule has 0 fully saturated rings. The molecule has 0 saturated carbocycles. The van der Waals surface area contributed by atoms with Crippen LogP contribution in [0.5, 0.6) is 0 Å². The molecule has 1 unspecified atom stereocenters. The molecule has 0 aliphatic heterocycles. The summed E-state index contributed by atoms with van der Waals surface area (Å²) >= 11 is 0. The van der Waals surface area contributed by atoms with Crippen molar-refractivity contribution in [3.8, 4) is 6.07 Å². The van der Waals surface area contributed by atoms with E-state index in [1.54, 1.807) is 12.4 Å². The average molecular weight is 250 g/mol. The molecule has 2 aromatic rings. The van der Waals surface area contributed by atoms with Crippen LogP contribution >= 0.6 is 0 Å². The number of aromatic nitrogens is 1. The third-order valence-electron chi connectivity index (χ3n) is 3.35. The van der Waals surface area contributed by atoms with Gasteiger partial charge in [-0.2, -0.15) is 5.26 Å². The first-order valence-corrected chi connectivity index (χ1v) is 6.59. The lowest BCUT2D eigenvalue weighted by Gasteiger charge is -2.11. The van der Waals surface area contributed by atoms with Crippen LogP contribution in [0.1, 0.15) is 42.4 Å². The van der Waals surface area contributed by atoms with E-state index in [9.17, 15) is 5.26 Å². The van der Waals surface area contributed by atoms with E-state index < -0.39 is 0 Å². The molecule has 1 aromatic heterocycles. The Kier molecular flexibility index (Phi) is 4.30. The zero-order chi connectivity index (χ0) is 13.7. The van der Waals surface area contributed by atoms with Crippen LogP contribution in [-0.2, 0) is 6.42 Å². The first-order chi connectivity index (χ1) is 9.20. The lowest BCUT2D eigenvalue weighted by molar-refractivity contribution is 0.835. The third-order valence-corrected chi connectivity index (χ3v) is 3.35. The highest BCUT2D eigenvalue weighted by Gasteiger charge is 2.11. The Bertz CT molecular complexity index is 550. The van der Waals surface area contributed by atoms with Gasteiger partial charge in [0.2, 0.25) is 0 Å². The van der Waals surface area contributed by atoms with E-state index in [4.69, 9.17) is 0 Å². The lowest BCUT2D eigenvalue weighted by atomic mass is 9.91. The largest absolute Gasteiger partial charge is 0.265 e. The Morgan fingerprint density at radius 2 is 1.58 bits per heavy atom. The molecule has 0 bridgehead atoms. The number of hydrogen-bond acceptors (Lipinski definition) is 2. The van der Waals surface area contributed by atoms with Crippen molar-refractivity contribution < 1.29 is 0 Å². The van der Waals surface area contributed by atoms with E-state index >= 15 is 0 Å². The second-order valence-electron chi connectivity index (χ2n) is 5.06. The molecule has 0 aliphatic carbocycles. The number of nitriles is 1. The third kappa shape index (κ3) is 3.42. The molecule has 0 aliphatic rings. The normalized spacial score (nSPS) is 12.1. The Morgan fingerprint density at radius 3 is 2.11 bits per heavy atom. The van der Waals surface area contributed by atoms with E-state index in [1.807, 2.05) is 12.1 Å². The van der Waals surface area contributed by atoms with Gasteiger partial charge in [0.1, 0.15) is 0 Å². The van der Waals surface area contributed by atoms with Crippen LogP contribution in [0.15, 0.2) is 48.8 Å². The van der Waals surface area contributed by atoms with Crippen molar-refractivity contribution >= 4 is 0 Å². The summed E-state index contributed by atoms with van der Waals surface area (Å²) in [5, 5.41) is 9.35. The van der Waals surface area contributed by atoms with Gasteiger partial charge in [0.15, 0.2) is 0 Å². The van der Waals surface area contributed by atoms with Crippen molar-refractivity contribution in [3.05, 3.63) is 65.5 Å². The van der Waals surface area contributed by atoms with Gasteiger partial charge in [0.25, 0.3) is 0 Å². The van der Waals surface area contributed by atoms with Crippen LogP contribution in [0.3, 0.4) is 0 Å². The molecule has 2 heteroatoms. The second kappa shape index (κ2) is 6.15. The molecule has 1 atom stereocenters. The Labute approximate surface area is 114 Å². The molecule has 2 rings (SSSR count). The molecule has 1 aromatic carbocycles. The van der Waals surface area contributed by atoms with Crippen molar-refractivity contribution in [2.24, 2.45) is 0 Å². The topological polar surface area (TPSA) is 36.7 Å². The van der Waals surface area contributed by atoms with Crippen molar-refractivity contribution in [2.45, 2.75) is 32.1 Å². The van der Waals surface area contributed by atoms with Crippen LogP contribution < -0.4 is 0 Å². The minimum Gasteiger partial charge on any atom is -0.265 e. The number of pyridine rings is 1. The maximum atomic E-state index is 9.35. The number of rotatable bonds is 4. The molecular formula is C17H18N2. The van der Waals surface area contributed by atoms with E-state index in [-0.39, 0.29) is 5.92 Å². The van der Waals surface area contributed by atoms with E-state index in [2.05, 4.69) is 49.2 Å². The predicted molar refractivity (Wildman–Crippen MR) is 76.8 cm³/mol. The van der Waals surface area contributed by atoms with Crippen molar-refractivity contribution in [1.82, 2.24) is 4.98 Å². The van der Waals surface area contributed by atoms with Gasteiger partial charge in [-0.15, -0.1) is 0 Å². The van der Waals surface area contributed by atoms with Gasteiger partial charge in [-0.3, -0.25) is 4.98 Å². The number of nitrogens with zero attached hydrogens (tertiary/aromatic N) is 2. The van der Waals surface area contributed by atoms with E-state index in [1.165, 1.54) is 5.56 Å². The highest BCUT2D eigenvalue weighted by Crippen LogP contribution is 2.22. The molecule has 0 N–H and O–H groups in total. The SMILES string of the molecule is CC(C)c1ccc(C(C#N)Cc2ccncc2)cc1. The first kappa shape index (κ1) is 13.3. The molecule has 0 spiro atoms. The Balaban J connectivity index is 2.16. The van der Waals surface area contributed by atoms with Gasteiger partial charge in [-0.05, 0) is 41.2 Å². The zero-order valence-corrected chi connectivity index (χ0v) is 11.4. The maximum absolute atomic E-state index is 9.35. The fourth-order valence-electron chi connectivity index (χ4n) is 2.11. The highest BCUT2D eigenvalue weighted by atomic mass is 14.6. The van der Waals surface area contributed by atoms with E-state index in [0.717, 1.165) is 17.5 Å². The summed E-state index contributed by atoms with van der Waals surface area (Å²) in [6, 6.07) is 14.7. The van der Waals surface area contributed by atoms with Gasteiger partial charge < -0.3 is 0 Å². The minimum atomic E-state index is -0.0939. The fourth-order valence-corrected chi connectivity index (χ4v) is 2.11. The molecule has 0 saturated heterocycles. The summed E-state index contributed by atoms with van der Waals surface area (Å²) in [7, 11) is 0. The summed E-state index contributed by atoms with van der Waals surface area (Å²) < 4.78 is 0. The lowest BCUT2D eigenvalue weighted by Crippen LogP contribution is -2.01. The molecule has 2 nitrogen and oxygen atoms in total. The number of hydrogen-bond donors (Lipinski definition) is 0. The van der Waals surface area contributed by atoms with E-state index in [0.29, 0.717) is 5.92 Å². The minimum absolute atomic E-state index is 0.0939. The molecule has 19 heavy (non-hydrogen) atoms. The monoisotopic (exact) mass is 250 g/mol. The average Bonchev–Trinajstić information content (AvgIpc) is 2.46. The van der Waals surface area contributed by atoms with Crippen molar-refractivity contribution in [1.29, 1.82) is 5.26 Å². The van der Waals surface area contributed by atoms with Gasteiger partial charge in [-0.1, -0.05) is 38.1 Å². The first-order valence-electron chi connectivity index (χ1n) is 6.59. The second-order valence-corrected chi connectivity index (χ2v) is 5.06. The van der Waals surface area contributed by atoms with Crippen molar-refractivity contribution in [2.75, 3.05) is 0 Å². The van der Waals surface area contributed by atoms with Gasteiger partial charge in [-0.25, -0.2) is 0 Å². The van der Waals surface area contributed by atoms with Crippen LogP contribution in [-0.4, -0.2) is 4.98 Å². The zero-order valence-electron chi connectivity index (χ0n) is 11.4. The van der Waals surface area contributed by atoms with Crippen molar-refractivity contribution in [3.63, 3.8) is 0 Å².